The van der Waals surface area contributed by atoms with Gasteiger partial charge in [0.25, 0.3) is 0 Å². The van der Waals surface area contributed by atoms with Crippen LogP contribution in [0.15, 0.2) is 30.3 Å². The van der Waals surface area contributed by atoms with Crippen LogP contribution in [0.2, 0.25) is 0 Å². The van der Waals surface area contributed by atoms with Crippen molar-refractivity contribution in [1.82, 2.24) is 9.80 Å². The van der Waals surface area contributed by atoms with Crippen LogP contribution >= 0.6 is 0 Å². The highest BCUT2D eigenvalue weighted by Crippen LogP contribution is 2.49. The average molecular weight is 383 g/mol. The van der Waals surface area contributed by atoms with Crippen LogP contribution < -0.4 is 5.73 Å². The number of nitrogens with two attached hydrogens (primary N) is 1. The monoisotopic (exact) mass is 383 g/mol. The van der Waals surface area contributed by atoms with E-state index in [0.717, 1.165) is 38.8 Å². The molecule has 1 aromatic carbocycles. The summed E-state index contributed by atoms with van der Waals surface area (Å²) in [6, 6.07) is 10.3. The number of rotatable bonds is 6. The van der Waals surface area contributed by atoms with Gasteiger partial charge in [0, 0.05) is 26.2 Å². The largest absolute Gasteiger partial charge is 0.369 e. The molecule has 3 amide bonds. The zero-order valence-electron chi connectivity index (χ0n) is 16.4. The number of primary amides is 1. The minimum atomic E-state index is -0.987. The second-order valence-electron chi connectivity index (χ2n) is 8.69. The van der Waals surface area contributed by atoms with Crippen LogP contribution in [0, 0.1) is 10.8 Å². The Hall–Kier alpha value is -2.37. The maximum Gasteiger partial charge on any atom is 0.238 e. The molecule has 0 radical (unpaired) electrons. The lowest BCUT2D eigenvalue weighted by Crippen LogP contribution is -2.51. The van der Waals surface area contributed by atoms with E-state index in [4.69, 9.17) is 5.73 Å². The first-order chi connectivity index (χ1) is 13.5. The Morgan fingerprint density at radius 1 is 1.04 bits per heavy atom. The van der Waals surface area contributed by atoms with Gasteiger partial charge in [0.2, 0.25) is 17.7 Å². The van der Waals surface area contributed by atoms with Crippen molar-refractivity contribution >= 4 is 17.7 Å². The molecule has 0 bridgehead atoms. The Balaban J connectivity index is 1.36. The van der Waals surface area contributed by atoms with Gasteiger partial charge in [-0.2, -0.15) is 0 Å². The van der Waals surface area contributed by atoms with Crippen molar-refractivity contribution in [2.24, 2.45) is 16.6 Å². The number of amides is 3. The van der Waals surface area contributed by atoms with Gasteiger partial charge < -0.3 is 15.5 Å². The van der Waals surface area contributed by atoms with Crippen molar-refractivity contribution in [3.8, 4) is 0 Å². The highest BCUT2D eigenvalue weighted by molar-refractivity contribution is 6.07. The second kappa shape index (κ2) is 7.22. The van der Waals surface area contributed by atoms with Crippen molar-refractivity contribution in [2.45, 2.75) is 44.9 Å². The van der Waals surface area contributed by atoms with Gasteiger partial charge in [0.15, 0.2) is 0 Å². The minimum Gasteiger partial charge on any atom is -0.369 e. The minimum absolute atomic E-state index is 0.161. The molecule has 3 fully saturated rings. The first-order valence-electron chi connectivity index (χ1n) is 10.4. The lowest BCUT2D eigenvalue weighted by Gasteiger charge is -2.39. The van der Waals surface area contributed by atoms with E-state index >= 15 is 0 Å². The maximum absolute atomic E-state index is 13.3. The Kier molecular flexibility index (Phi) is 4.89. The van der Waals surface area contributed by atoms with Gasteiger partial charge >= 0.3 is 0 Å². The predicted octanol–water partition coefficient (Wildman–Crippen LogP) is 1.73. The third kappa shape index (κ3) is 3.29. The molecule has 6 nitrogen and oxygen atoms in total. The number of nitrogens with zero attached hydrogens (tertiary/aromatic N) is 2. The summed E-state index contributed by atoms with van der Waals surface area (Å²) >= 11 is 0. The summed E-state index contributed by atoms with van der Waals surface area (Å²) in [5.74, 6) is -0.493. The van der Waals surface area contributed by atoms with Gasteiger partial charge in [-0.3, -0.25) is 14.4 Å². The lowest BCUT2D eigenvalue weighted by molar-refractivity contribution is -0.147. The van der Waals surface area contributed by atoms with Gasteiger partial charge in [-0.25, -0.2) is 0 Å². The first-order valence-corrected chi connectivity index (χ1v) is 10.4. The van der Waals surface area contributed by atoms with E-state index in [1.165, 1.54) is 5.56 Å². The van der Waals surface area contributed by atoms with Crippen molar-refractivity contribution in [1.29, 1.82) is 0 Å². The molecule has 1 saturated carbocycles. The number of piperidine rings is 1. The highest BCUT2D eigenvalue weighted by atomic mass is 16.2. The summed E-state index contributed by atoms with van der Waals surface area (Å²) in [5, 5.41) is 0. The normalized spacial score (nSPS) is 25.9. The lowest BCUT2D eigenvalue weighted by atomic mass is 9.78. The fraction of sp³-hybridized carbons (Fsp3) is 0.591. The fourth-order valence-corrected chi connectivity index (χ4v) is 4.90. The van der Waals surface area contributed by atoms with Crippen LogP contribution in [0.4, 0.5) is 0 Å². The molecule has 0 unspecified atom stereocenters. The van der Waals surface area contributed by atoms with Crippen LogP contribution in [0.1, 0.15) is 44.1 Å². The molecule has 150 valence electrons. The molecular weight excluding hydrogens is 354 g/mol. The van der Waals surface area contributed by atoms with Gasteiger partial charge in [-0.1, -0.05) is 30.3 Å². The van der Waals surface area contributed by atoms with E-state index in [2.05, 4.69) is 12.1 Å². The van der Waals surface area contributed by atoms with E-state index in [0.29, 0.717) is 32.4 Å². The molecule has 2 saturated heterocycles. The number of carbonyl (C=O) groups excluding carboxylic acids is 3. The third-order valence-corrected chi connectivity index (χ3v) is 6.83. The number of hydrogen-bond acceptors (Lipinski definition) is 3. The van der Waals surface area contributed by atoms with E-state index in [-0.39, 0.29) is 11.8 Å². The molecule has 0 aromatic heterocycles. The molecule has 2 aliphatic heterocycles. The summed E-state index contributed by atoms with van der Waals surface area (Å²) in [5.41, 5.74) is 5.30. The molecule has 28 heavy (non-hydrogen) atoms. The summed E-state index contributed by atoms with van der Waals surface area (Å²) in [6.45, 7) is 2.55. The standard InChI is InChI=1S/C22H29N3O3/c23-18(26)22(10-11-22)20(28)25-15-12-21(16-25)9-5-14-24(19(21)27)13-4-8-17-6-2-1-3-7-17/h1-3,6-7H,4-5,8-16H2,(H2,23,26)/t21-/m1/s1. The number of benzene rings is 1. The molecule has 1 aliphatic carbocycles. The van der Waals surface area contributed by atoms with Gasteiger partial charge in [0.1, 0.15) is 5.41 Å². The number of hydrogen-bond donors (Lipinski definition) is 1. The van der Waals surface area contributed by atoms with Gasteiger partial charge in [0.05, 0.1) is 5.41 Å². The zero-order chi connectivity index (χ0) is 19.8. The smallest absolute Gasteiger partial charge is 0.238 e. The highest BCUT2D eigenvalue weighted by Gasteiger charge is 2.59. The molecule has 3 aliphatic rings. The Morgan fingerprint density at radius 3 is 2.46 bits per heavy atom. The molecule has 2 heterocycles. The summed E-state index contributed by atoms with van der Waals surface area (Å²) < 4.78 is 0. The van der Waals surface area contributed by atoms with Crippen LogP contribution in [0.5, 0.6) is 0 Å². The first kappa shape index (κ1) is 19.0. The van der Waals surface area contributed by atoms with Crippen LogP contribution in [0.3, 0.4) is 0 Å². The SMILES string of the molecule is NC(=O)C1(C(=O)N2CC[C@]3(CCCN(CCCc4ccccc4)C3=O)C2)CC1. The number of aryl methyl sites for hydroxylation is 1. The average Bonchev–Trinajstić information content (AvgIpc) is 3.41. The van der Waals surface area contributed by atoms with Crippen molar-refractivity contribution in [2.75, 3.05) is 26.2 Å². The Labute approximate surface area is 166 Å². The molecule has 1 spiro atoms. The van der Waals surface area contributed by atoms with Gasteiger partial charge in [-0.15, -0.1) is 0 Å². The van der Waals surface area contributed by atoms with E-state index in [1.807, 2.05) is 23.1 Å². The number of carbonyl (C=O) groups is 3. The quantitative estimate of drug-likeness (QED) is 0.759. The summed E-state index contributed by atoms with van der Waals surface area (Å²) in [4.78, 5) is 41.5. The van der Waals surface area contributed by atoms with Crippen molar-refractivity contribution in [3.63, 3.8) is 0 Å². The molecule has 2 N–H and O–H groups in total. The molecule has 1 atom stereocenters. The van der Waals surface area contributed by atoms with Crippen molar-refractivity contribution in [3.05, 3.63) is 35.9 Å². The summed E-state index contributed by atoms with van der Waals surface area (Å²) in [7, 11) is 0. The molecule has 1 aromatic rings. The Morgan fingerprint density at radius 2 is 1.79 bits per heavy atom. The number of likely N-dealkylation sites (tertiary alicyclic amines) is 2. The third-order valence-electron chi connectivity index (χ3n) is 6.83. The van der Waals surface area contributed by atoms with Crippen LogP contribution in [0.25, 0.3) is 0 Å². The summed E-state index contributed by atoms with van der Waals surface area (Å²) in [6.07, 6.45) is 5.49. The molecule has 4 rings (SSSR count). The van der Waals surface area contributed by atoms with Crippen molar-refractivity contribution < 1.29 is 14.4 Å². The zero-order valence-corrected chi connectivity index (χ0v) is 16.4. The van der Waals surface area contributed by atoms with Crippen LogP contribution in [-0.4, -0.2) is 53.7 Å². The molecule has 6 heteroatoms. The van der Waals surface area contributed by atoms with Gasteiger partial charge in [-0.05, 0) is 50.5 Å². The van der Waals surface area contributed by atoms with E-state index < -0.39 is 16.7 Å². The topological polar surface area (TPSA) is 83.7 Å². The maximum atomic E-state index is 13.3. The second-order valence-corrected chi connectivity index (χ2v) is 8.69. The van der Waals surface area contributed by atoms with E-state index in [9.17, 15) is 14.4 Å². The predicted molar refractivity (Wildman–Crippen MR) is 105 cm³/mol. The Bertz CT molecular complexity index is 774. The fourth-order valence-electron chi connectivity index (χ4n) is 4.90. The molecular formula is C22H29N3O3. The van der Waals surface area contributed by atoms with Crippen LogP contribution in [-0.2, 0) is 20.8 Å². The van der Waals surface area contributed by atoms with E-state index in [1.54, 1.807) is 4.90 Å².